The number of amides is 1. The first kappa shape index (κ1) is 15.0. The van der Waals surface area contributed by atoms with Crippen LogP contribution in [0.15, 0.2) is 0 Å². The van der Waals surface area contributed by atoms with E-state index in [1.807, 2.05) is 14.1 Å². The van der Waals surface area contributed by atoms with Crippen LogP contribution in [0.25, 0.3) is 0 Å². The van der Waals surface area contributed by atoms with Gasteiger partial charge < -0.3 is 4.90 Å². The van der Waals surface area contributed by atoms with Crippen LogP contribution in [0.1, 0.15) is 39.0 Å². The van der Waals surface area contributed by atoms with Gasteiger partial charge in [0.2, 0.25) is 5.91 Å². The monoisotopic (exact) mass is 250 g/mol. The summed E-state index contributed by atoms with van der Waals surface area (Å²) in [4.78, 5) is 15.7. The van der Waals surface area contributed by atoms with Crippen molar-refractivity contribution in [1.29, 1.82) is 0 Å². The number of rotatable bonds is 4. The van der Waals surface area contributed by atoms with Crippen LogP contribution in [0, 0.1) is 17.8 Å². The number of likely N-dealkylation sites (tertiary alicyclic amines) is 1. The second-order valence-corrected chi connectivity index (χ2v) is 5.28. The summed E-state index contributed by atoms with van der Waals surface area (Å²) >= 11 is 0. The van der Waals surface area contributed by atoms with Crippen molar-refractivity contribution in [2.75, 3.05) is 33.7 Å². The maximum atomic E-state index is 11.6. The summed E-state index contributed by atoms with van der Waals surface area (Å²) in [5.74, 6) is 7.25. The Bertz CT molecular complexity index is 314. The van der Waals surface area contributed by atoms with E-state index in [-0.39, 0.29) is 5.91 Å². The highest BCUT2D eigenvalue weighted by molar-refractivity contribution is 5.75. The van der Waals surface area contributed by atoms with Crippen LogP contribution >= 0.6 is 0 Å². The lowest BCUT2D eigenvalue weighted by molar-refractivity contribution is -0.129. The van der Waals surface area contributed by atoms with Crippen molar-refractivity contribution in [2.24, 2.45) is 5.92 Å². The zero-order chi connectivity index (χ0) is 13.4. The molecular formula is C15H26N2O. The molecule has 1 heterocycles. The molecule has 0 N–H and O–H groups in total. The van der Waals surface area contributed by atoms with E-state index in [0.717, 1.165) is 32.5 Å². The summed E-state index contributed by atoms with van der Waals surface area (Å²) in [6.45, 7) is 5.25. The summed E-state index contributed by atoms with van der Waals surface area (Å²) in [5, 5.41) is 0. The van der Waals surface area contributed by atoms with Crippen LogP contribution < -0.4 is 0 Å². The summed E-state index contributed by atoms with van der Waals surface area (Å²) in [5.41, 5.74) is 0. The molecule has 0 aliphatic carbocycles. The van der Waals surface area contributed by atoms with Gasteiger partial charge in [-0.1, -0.05) is 12.8 Å². The van der Waals surface area contributed by atoms with Gasteiger partial charge in [-0.2, -0.15) is 0 Å². The topological polar surface area (TPSA) is 23.6 Å². The minimum atomic E-state index is 0.248. The Hall–Kier alpha value is -1.01. The Morgan fingerprint density at radius 3 is 2.83 bits per heavy atom. The van der Waals surface area contributed by atoms with E-state index < -0.39 is 0 Å². The van der Waals surface area contributed by atoms with E-state index in [2.05, 4.69) is 23.7 Å². The minimum absolute atomic E-state index is 0.248. The van der Waals surface area contributed by atoms with Gasteiger partial charge in [-0.3, -0.25) is 9.69 Å². The van der Waals surface area contributed by atoms with Crippen LogP contribution in [-0.4, -0.2) is 49.4 Å². The van der Waals surface area contributed by atoms with Gasteiger partial charge in [-0.25, -0.2) is 0 Å². The molecule has 1 aliphatic rings. The molecule has 1 saturated heterocycles. The zero-order valence-electron chi connectivity index (χ0n) is 12.0. The van der Waals surface area contributed by atoms with Gasteiger partial charge in [0.25, 0.3) is 0 Å². The smallest absolute Gasteiger partial charge is 0.222 e. The normalized spacial score (nSPS) is 20.1. The number of carbonyl (C=O) groups is 1. The highest BCUT2D eigenvalue weighted by Gasteiger charge is 2.20. The van der Waals surface area contributed by atoms with Gasteiger partial charge in [0, 0.05) is 33.5 Å². The summed E-state index contributed by atoms with van der Waals surface area (Å²) in [6.07, 6.45) is 5.16. The predicted octanol–water partition coefficient (Wildman–Crippen LogP) is 1.98. The van der Waals surface area contributed by atoms with E-state index in [4.69, 9.17) is 0 Å². The molecule has 0 aromatic heterocycles. The molecule has 1 aliphatic heterocycles. The lowest BCUT2D eigenvalue weighted by atomic mass is 9.93. The molecule has 0 spiro atoms. The van der Waals surface area contributed by atoms with Crippen molar-refractivity contribution >= 4 is 5.91 Å². The van der Waals surface area contributed by atoms with Crippen LogP contribution in [-0.2, 0) is 4.79 Å². The van der Waals surface area contributed by atoms with Crippen molar-refractivity contribution in [3.8, 4) is 11.8 Å². The van der Waals surface area contributed by atoms with Gasteiger partial charge in [-0.15, -0.1) is 5.92 Å². The van der Waals surface area contributed by atoms with E-state index in [1.165, 1.54) is 12.8 Å². The van der Waals surface area contributed by atoms with Crippen molar-refractivity contribution < 1.29 is 4.79 Å². The molecule has 1 rings (SSSR count). The molecule has 18 heavy (non-hydrogen) atoms. The molecule has 3 heteroatoms. The average Bonchev–Trinajstić information content (AvgIpc) is 2.36. The van der Waals surface area contributed by atoms with E-state index in [0.29, 0.717) is 12.3 Å². The SMILES string of the molecule is CCC#CCN1CCC[C@H](CCC(=O)N(C)C)C1. The Morgan fingerprint density at radius 1 is 1.39 bits per heavy atom. The predicted molar refractivity (Wildman–Crippen MR) is 75.2 cm³/mol. The maximum Gasteiger partial charge on any atom is 0.222 e. The lowest BCUT2D eigenvalue weighted by Gasteiger charge is -2.31. The molecule has 0 bridgehead atoms. The molecule has 0 unspecified atom stereocenters. The molecule has 3 nitrogen and oxygen atoms in total. The van der Waals surface area contributed by atoms with Crippen LogP contribution in [0.3, 0.4) is 0 Å². The van der Waals surface area contributed by atoms with Crippen LogP contribution in [0.5, 0.6) is 0 Å². The molecule has 0 saturated carbocycles. The first-order valence-corrected chi connectivity index (χ1v) is 7.01. The summed E-state index contributed by atoms with van der Waals surface area (Å²) in [6, 6.07) is 0. The summed E-state index contributed by atoms with van der Waals surface area (Å²) < 4.78 is 0. The van der Waals surface area contributed by atoms with E-state index in [1.54, 1.807) is 4.90 Å². The zero-order valence-corrected chi connectivity index (χ0v) is 12.0. The number of piperidine rings is 1. The fraction of sp³-hybridized carbons (Fsp3) is 0.800. The fourth-order valence-corrected chi connectivity index (χ4v) is 2.37. The van der Waals surface area contributed by atoms with Crippen molar-refractivity contribution in [3.63, 3.8) is 0 Å². The van der Waals surface area contributed by atoms with Gasteiger partial charge in [0.1, 0.15) is 0 Å². The van der Waals surface area contributed by atoms with E-state index in [9.17, 15) is 4.79 Å². The van der Waals surface area contributed by atoms with Gasteiger partial charge in [0.15, 0.2) is 0 Å². The molecule has 1 fully saturated rings. The number of nitrogens with zero attached hydrogens (tertiary/aromatic N) is 2. The van der Waals surface area contributed by atoms with Crippen LogP contribution in [0.4, 0.5) is 0 Å². The first-order valence-electron chi connectivity index (χ1n) is 7.01. The van der Waals surface area contributed by atoms with Gasteiger partial charge in [-0.05, 0) is 31.7 Å². The van der Waals surface area contributed by atoms with Crippen molar-refractivity contribution in [3.05, 3.63) is 0 Å². The Morgan fingerprint density at radius 2 is 2.17 bits per heavy atom. The fourth-order valence-electron chi connectivity index (χ4n) is 2.37. The Balaban J connectivity index is 2.28. The quantitative estimate of drug-likeness (QED) is 0.712. The number of hydrogen-bond donors (Lipinski definition) is 0. The molecule has 0 radical (unpaired) electrons. The summed E-state index contributed by atoms with van der Waals surface area (Å²) in [7, 11) is 3.66. The lowest BCUT2D eigenvalue weighted by Crippen LogP contribution is -2.36. The molecule has 0 aromatic rings. The molecule has 1 atom stereocenters. The average molecular weight is 250 g/mol. The second-order valence-electron chi connectivity index (χ2n) is 5.28. The highest BCUT2D eigenvalue weighted by Crippen LogP contribution is 2.20. The number of carbonyl (C=O) groups excluding carboxylic acids is 1. The Labute approximate surface area is 112 Å². The molecule has 102 valence electrons. The third kappa shape index (κ3) is 5.55. The molecular weight excluding hydrogens is 224 g/mol. The van der Waals surface area contributed by atoms with Gasteiger partial charge in [0.05, 0.1) is 6.54 Å². The third-order valence-electron chi connectivity index (χ3n) is 3.47. The molecule has 0 aromatic carbocycles. The minimum Gasteiger partial charge on any atom is -0.349 e. The largest absolute Gasteiger partial charge is 0.349 e. The molecule has 1 amide bonds. The van der Waals surface area contributed by atoms with Crippen molar-refractivity contribution in [1.82, 2.24) is 9.80 Å². The standard InChI is InChI=1S/C15H26N2O/c1-4-5-6-11-17-12-7-8-14(13-17)9-10-15(18)16(2)3/h14H,4,7-13H2,1-3H3/t14-/m1/s1. The highest BCUT2D eigenvalue weighted by atomic mass is 16.2. The Kier molecular flexibility index (Phi) is 6.82. The van der Waals surface area contributed by atoms with Crippen LogP contribution in [0.2, 0.25) is 0 Å². The van der Waals surface area contributed by atoms with Gasteiger partial charge >= 0.3 is 0 Å². The third-order valence-corrected chi connectivity index (χ3v) is 3.47. The van der Waals surface area contributed by atoms with E-state index >= 15 is 0 Å². The first-order chi connectivity index (χ1) is 8.63. The number of hydrogen-bond acceptors (Lipinski definition) is 2. The maximum absolute atomic E-state index is 11.6. The second kappa shape index (κ2) is 8.16. The van der Waals surface area contributed by atoms with Crippen molar-refractivity contribution in [2.45, 2.75) is 39.0 Å².